The van der Waals surface area contributed by atoms with Crippen molar-refractivity contribution in [2.45, 2.75) is 55.7 Å². The molecule has 2 N–H and O–H groups in total. The molecule has 0 saturated carbocycles. The third-order valence-electron chi connectivity index (χ3n) is 7.97. The van der Waals surface area contributed by atoms with E-state index in [4.69, 9.17) is 4.74 Å². The maximum absolute atomic E-state index is 14.2. The van der Waals surface area contributed by atoms with Crippen molar-refractivity contribution in [3.63, 3.8) is 0 Å². The number of thioether (sulfide) groups is 1. The molecule has 2 bridgehead atoms. The molecule has 3 aliphatic heterocycles. The summed E-state index contributed by atoms with van der Waals surface area (Å²) in [5, 5.41) is 13.6. The Hall–Kier alpha value is -2.84. The lowest BCUT2D eigenvalue weighted by Gasteiger charge is -2.37. The highest BCUT2D eigenvalue weighted by molar-refractivity contribution is 8.02. The van der Waals surface area contributed by atoms with Crippen LogP contribution in [0.1, 0.15) is 42.5 Å². The third kappa shape index (κ3) is 3.73. The van der Waals surface area contributed by atoms with Crippen LogP contribution in [0, 0.1) is 25.7 Å². The number of aliphatic hydroxyl groups is 1. The van der Waals surface area contributed by atoms with E-state index in [-0.39, 0.29) is 36.2 Å². The van der Waals surface area contributed by atoms with E-state index in [0.717, 1.165) is 28.8 Å². The second-order valence-corrected chi connectivity index (χ2v) is 11.5. The standard InChI is InChI=1S/C28H32N2O5S/c1-4-35-27(34)21-20-13-14-28(36-20)22(21)26(33)30(19(15-31)18-11-6-5-7-12-18)24(28)25(32)29-23-16(2)9-8-10-17(23)3/h5-12,19-22,24,31H,4,13-15H2,1-3H3,(H,29,32)/t19-,20-,21+,22+,24?,28?/m1/s1. The first-order chi connectivity index (χ1) is 17.3. The second-order valence-electron chi connectivity index (χ2n) is 9.92. The summed E-state index contributed by atoms with van der Waals surface area (Å²) in [5.41, 5.74) is 3.35. The van der Waals surface area contributed by atoms with Gasteiger partial charge in [0.05, 0.1) is 35.8 Å². The number of nitrogens with one attached hydrogen (secondary N) is 1. The molecule has 5 rings (SSSR count). The van der Waals surface area contributed by atoms with Crippen molar-refractivity contribution < 1.29 is 24.2 Å². The highest BCUT2D eigenvalue weighted by atomic mass is 32.2. The van der Waals surface area contributed by atoms with E-state index in [0.29, 0.717) is 6.42 Å². The number of fused-ring (bicyclic) bond motifs is 1. The van der Waals surface area contributed by atoms with Crippen LogP contribution in [0.2, 0.25) is 0 Å². The van der Waals surface area contributed by atoms with Crippen molar-refractivity contribution in [1.82, 2.24) is 4.90 Å². The lowest BCUT2D eigenvalue weighted by molar-refractivity contribution is -0.154. The molecule has 190 valence electrons. The van der Waals surface area contributed by atoms with Crippen molar-refractivity contribution in [2.24, 2.45) is 11.8 Å². The lowest BCUT2D eigenvalue weighted by Crippen LogP contribution is -2.52. The molecule has 7 nitrogen and oxygen atoms in total. The summed E-state index contributed by atoms with van der Waals surface area (Å²) in [7, 11) is 0. The SMILES string of the molecule is CCOC(=O)[C@@H]1[C@H]2C(=O)N([C@H](CO)c3ccccc3)C(C(=O)Nc3c(C)cccc3C)C23CC[C@H]1S3. The van der Waals surface area contributed by atoms with Crippen molar-refractivity contribution in [2.75, 3.05) is 18.5 Å². The highest BCUT2D eigenvalue weighted by Gasteiger charge is 2.74. The minimum Gasteiger partial charge on any atom is -0.466 e. The van der Waals surface area contributed by atoms with Gasteiger partial charge >= 0.3 is 5.97 Å². The van der Waals surface area contributed by atoms with Crippen molar-refractivity contribution in [3.05, 3.63) is 65.2 Å². The summed E-state index contributed by atoms with van der Waals surface area (Å²) in [6.07, 6.45) is 1.40. The second kappa shape index (κ2) is 9.56. The van der Waals surface area contributed by atoms with Gasteiger partial charge in [0.15, 0.2) is 0 Å². The van der Waals surface area contributed by atoms with Crippen LogP contribution in [0.15, 0.2) is 48.5 Å². The topological polar surface area (TPSA) is 95.9 Å². The van der Waals surface area contributed by atoms with Crippen LogP contribution in [0.5, 0.6) is 0 Å². The van der Waals surface area contributed by atoms with Gasteiger partial charge in [0.2, 0.25) is 11.8 Å². The summed E-state index contributed by atoms with van der Waals surface area (Å²) in [6, 6.07) is 13.6. The number of ether oxygens (including phenoxy) is 1. The van der Waals surface area contributed by atoms with Gasteiger partial charge in [0.25, 0.3) is 0 Å². The zero-order valence-corrected chi connectivity index (χ0v) is 21.6. The molecule has 2 amide bonds. The molecule has 3 saturated heterocycles. The number of esters is 1. The van der Waals surface area contributed by atoms with E-state index in [2.05, 4.69) is 5.32 Å². The van der Waals surface area contributed by atoms with Crippen LogP contribution in [-0.2, 0) is 19.1 Å². The number of hydrogen-bond donors (Lipinski definition) is 2. The van der Waals surface area contributed by atoms with Gasteiger partial charge in [-0.3, -0.25) is 14.4 Å². The van der Waals surface area contributed by atoms with Gasteiger partial charge in [-0.05, 0) is 50.3 Å². The van der Waals surface area contributed by atoms with E-state index in [1.54, 1.807) is 23.6 Å². The monoisotopic (exact) mass is 508 g/mol. The Balaban J connectivity index is 1.60. The summed E-state index contributed by atoms with van der Waals surface area (Å²) in [4.78, 5) is 42.9. The third-order valence-corrected chi connectivity index (χ3v) is 9.92. The molecule has 0 aliphatic carbocycles. The van der Waals surface area contributed by atoms with Crippen LogP contribution in [0.3, 0.4) is 0 Å². The summed E-state index contributed by atoms with van der Waals surface area (Å²) >= 11 is 1.59. The minimum absolute atomic E-state index is 0.0556. The van der Waals surface area contributed by atoms with Gasteiger partial charge in [-0.2, -0.15) is 0 Å². The lowest BCUT2D eigenvalue weighted by atomic mass is 9.71. The number of aryl methyl sites for hydroxylation is 2. The van der Waals surface area contributed by atoms with Crippen molar-refractivity contribution >= 4 is 35.2 Å². The van der Waals surface area contributed by atoms with Crippen LogP contribution >= 0.6 is 11.8 Å². The number of amides is 2. The van der Waals surface area contributed by atoms with Gasteiger partial charge in [-0.25, -0.2) is 0 Å². The molecular weight excluding hydrogens is 476 g/mol. The molecule has 0 aromatic heterocycles. The Labute approximate surface area is 215 Å². The maximum atomic E-state index is 14.2. The summed E-state index contributed by atoms with van der Waals surface area (Å²) in [6.45, 7) is 5.55. The Morgan fingerprint density at radius 3 is 2.50 bits per heavy atom. The molecule has 6 atom stereocenters. The molecule has 3 fully saturated rings. The quantitative estimate of drug-likeness (QED) is 0.555. The van der Waals surface area contributed by atoms with Crippen molar-refractivity contribution in [3.8, 4) is 0 Å². The number of likely N-dealkylation sites (tertiary alicyclic amines) is 1. The largest absolute Gasteiger partial charge is 0.466 e. The van der Waals surface area contributed by atoms with Gasteiger partial charge in [-0.1, -0.05) is 48.5 Å². The number of hydrogen-bond acceptors (Lipinski definition) is 6. The first-order valence-electron chi connectivity index (χ1n) is 12.5. The first kappa shape index (κ1) is 24.8. The number of nitrogens with zero attached hydrogens (tertiary/aromatic N) is 1. The average molecular weight is 509 g/mol. The predicted molar refractivity (Wildman–Crippen MR) is 138 cm³/mol. The Bertz CT molecular complexity index is 1170. The number of carbonyl (C=O) groups is 3. The predicted octanol–water partition coefficient (Wildman–Crippen LogP) is 3.63. The molecule has 2 aromatic rings. The van der Waals surface area contributed by atoms with E-state index in [9.17, 15) is 19.5 Å². The Kier molecular flexibility index (Phi) is 6.59. The van der Waals surface area contributed by atoms with E-state index in [1.165, 1.54) is 0 Å². The fraction of sp³-hybridized carbons (Fsp3) is 0.464. The van der Waals surface area contributed by atoms with Crippen LogP contribution in [0.25, 0.3) is 0 Å². The van der Waals surface area contributed by atoms with Gasteiger partial charge in [0.1, 0.15) is 6.04 Å². The number of rotatable bonds is 7. The first-order valence-corrected chi connectivity index (χ1v) is 13.4. The molecule has 0 radical (unpaired) electrons. The maximum Gasteiger partial charge on any atom is 0.310 e. The van der Waals surface area contributed by atoms with E-state index >= 15 is 0 Å². The van der Waals surface area contributed by atoms with Crippen molar-refractivity contribution in [1.29, 1.82) is 0 Å². The van der Waals surface area contributed by atoms with E-state index < -0.39 is 28.7 Å². The summed E-state index contributed by atoms with van der Waals surface area (Å²) in [5.74, 6) is -2.16. The van der Waals surface area contributed by atoms with Crippen LogP contribution < -0.4 is 5.32 Å². The minimum atomic E-state index is -0.833. The van der Waals surface area contributed by atoms with Crippen LogP contribution in [-0.4, -0.2) is 57.0 Å². The van der Waals surface area contributed by atoms with Gasteiger partial charge in [0, 0.05) is 10.9 Å². The molecule has 3 aliphatic rings. The molecule has 36 heavy (non-hydrogen) atoms. The number of anilines is 1. The molecular formula is C28H32N2O5S. The Morgan fingerprint density at radius 1 is 1.17 bits per heavy atom. The smallest absolute Gasteiger partial charge is 0.310 e. The fourth-order valence-corrected chi connectivity index (χ4v) is 8.66. The highest BCUT2D eigenvalue weighted by Crippen LogP contribution is 2.67. The average Bonchev–Trinajstić information content (AvgIpc) is 3.51. The number of para-hydroxylation sites is 1. The normalized spacial score (nSPS) is 29.2. The van der Waals surface area contributed by atoms with E-state index in [1.807, 2.05) is 62.4 Å². The Morgan fingerprint density at radius 2 is 1.86 bits per heavy atom. The zero-order valence-electron chi connectivity index (χ0n) is 20.8. The number of carbonyl (C=O) groups excluding carboxylic acids is 3. The molecule has 1 spiro atoms. The molecule has 2 aromatic carbocycles. The number of aliphatic hydroxyl groups excluding tert-OH is 1. The zero-order chi connectivity index (χ0) is 25.6. The van der Waals surface area contributed by atoms with Gasteiger partial charge in [-0.15, -0.1) is 11.8 Å². The fourth-order valence-electron chi connectivity index (χ4n) is 6.47. The van der Waals surface area contributed by atoms with Crippen LogP contribution in [0.4, 0.5) is 5.69 Å². The summed E-state index contributed by atoms with van der Waals surface area (Å²) < 4.78 is 4.64. The van der Waals surface area contributed by atoms with Gasteiger partial charge < -0.3 is 20.1 Å². The molecule has 2 unspecified atom stereocenters. The molecule has 3 heterocycles. The molecule has 8 heteroatoms. The number of benzene rings is 2.